The zero-order valence-corrected chi connectivity index (χ0v) is 16.5. The fourth-order valence-corrected chi connectivity index (χ4v) is 2.85. The van der Waals surface area contributed by atoms with Crippen molar-refractivity contribution in [1.82, 2.24) is 19.9 Å². The molecule has 3 heterocycles. The van der Waals surface area contributed by atoms with E-state index in [1.807, 2.05) is 38.4 Å². The van der Waals surface area contributed by atoms with Crippen LogP contribution in [0.4, 0.5) is 15.9 Å². The third-order valence-corrected chi connectivity index (χ3v) is 4.25. The Bertz CT molecular complexity index is 1050. The maximum Gasteiger partial charge on any atom is 0.161 e. The summed E-state index contributed by atoms with van der Waals surface area (Å²) in [5, 5.41) is 4.41. The number of benzene rings is 1. The van der Waals surface area contributed by atoms with Crippen molar-refractivity contribution in [2.24, 2.45) is 0 Å². The largest absolute Gasteiger partial charge is 0.346 e. The van der Waals surface area contributed by atoms with Crippen LogP contribution in [-0.2, 0) is 0 Å². The summed E-state index contributed by atoms with van der Waals surface area (Å²) >= 11 is 0. The molecule has 0 spiro atoms. The molecule has 144 valence electrons. The molecular formula is C22H24FN5. The van der Waals surface area contributed by atoms with Crippen molar-refractivity contribution >= 4 is 22.5 Å². The molecule has 0 radical (unpaired) electrons. The van der Waals surface area contributed by atoms with Crippen molar-refractivity contribution < 1.29 is 4.39 Å². The Labute approximate surface area is 164 Å². The Morgan fingerprint density at radius 1 is 1.00 bits per heavy atom. The van der Waals surface area contributed by atoms with E-state index in [1.165, 1.54) is 12.1 Å². The molecule has 0 atom stereocenters. The molecule has 3 aromatic heterocycles. The van der Waals surface area contributed by atoms with Gasteiger partial charge in [-0.15, -0.1) is 0 Å². The normalized spacial score (nSPS) is 10.6. The van der Waals surface area contributed by atoms with E-state index < -0.39 is 0 Å². The Kier molecular flexibility index (Phi) is 5.99. The van der Waals surface area contributed by atoms with E-state index in [0.717, 1.165) is 33.7 Å². The molecule has 6 heteroatoms. The average molecular weight is 377 g/mol. The van der Waals surface area contributed by atoms with Gasteiger partial charge in [-0.3, -0.25) is 0 Å². The molecule has 4 rings (SSSR count). The lowest BCUT2D eigenvalue weighted by atomic mass is 10.1. The predicted molar refractivity (Wildman–Crippen MR) is 112 cm³/mol. The number of fused-ring (bicyclic) bond motifs is 1. The van der Waals surface area contributed by atoms with Gasteiger partial charge in [-0.05, 0) is 42.3 Å². The minimum Gasteiger partial charge on any atom is -0.346 e. The average Bonchev–Trinajstić information content (AvgIpc) is 3.20. The second-order valence-corrected chi connectivity index (χ2v) is 6.38. The minimum absolute atomic E-state index is 0.253. The van der Waals surface area contributed by atoms with Gasteiger partial charge in [-0.1, -0.05) is 27.7 Å². The first-order valence-corrected chi connectivity index (χ1v) is 9.44. The molecule has 0 fully saturated rings. The van der Waals surface area contributed by atoms with Crippen molar-refractivity contribution in [3.05, 3.63) is 66.4 Å². The van der Waals surface area contributed by atoms with Gasteiger partial charge in [0.25, 0.3) is 0 Å². The van der Waals surface area contributed by atoms with Gasteiger partial charge in [0.1, 0.15) is 17.3 Å². The predicted octanol–water partition coefficient (Wildman–Crippen LogP) is 6.05. The summed E-state index contributed by atoms with van der Waals surface area (Å²) in [5.74, 6) is 1.26. The van der Waals surface area contributed by atoms with Crippen LogP contribution in [0.2, 0.25) is 0 Å². The fraction of sp³-hybridized carbons (Fsp3) is 0.227. The van der Waals surface area contributed by atoms with E-state index in [1.54, 1.807) is 18.3 Å². The van der Waals surface area contributed by atoms with Crippen molar-refractivity contribution in [3.63, 3.8) is 0 Å². The van der Waals surface area contributed by atoms with Gasteiger partial charge in [0.2, 0.25) is 0 Å². The second kappa shape index (κ2) is 8.61. The van der Waals surface area contributed by atoms with Crippen LogP contribution in [0.3, 0.4) is 0 Å². The van der Waals surface area contributed by atoms with E-state index in [4.69, 9.17) is 4.98 Å². The number of aromatic nitrogens is 4. The highest BCUT2D eigenvalue weighted by molar-refractivity contribution is 5.91. The first-order valence-electron chi connectivity index (χ1n) is 9.44. The van der Waals surface area contributed by atoms with Crippen molar-refractivity contribution in [3.8, 4) is 11.4 Å². The molecule has 28 heavy (non-hydrogen) atoms. The second-order valence-electron chi connectivity index (χ2n) is 6.38. The van der Waals surface area contributed by atoms with E-state index in [-0.39, 0.29) is 11.7 Å². The smallest absolute Gasteiger partial charge is 0.161 e. The zero-order valence-electron chi connectivity index (χ0n) is 16.5. The molecule has 1 aromatic carbocycles. The molecule has 0 aliphatic heterocycles. The number of H-pyrrole nitrogens is 1. The van der Waals surface area contributed by atoms with Crippen LogP contribution in [0.15, 0.2) is 55.0 Å². The summed E-state index contributed by atoms with van der Waals surface area (Å²) in [6.45, 7) is 8.19. The SMILES string of the molecule is CC.CC(C)c1cnc(-c2ccc(F)cc2)nc1Nc1ccnc2[nH]ccc12. The molecule has 4 aromatic rings. The van der Waals surface area contributed by atoms with Gasteiger partial charge in [0.05, 0.1) is 5.69 Å². The van der Waals surface area contributed by atoms with E-state index in [0.29, 0.717) is 5.82 Å². The van der Waals surface area contributed by atoms with E-state index in [9.17, 15) is 4.39 Å². The topological polar surface area (TPSA) is 66.5 Å². The quantitative estimate of drug-likeness (QED) is 0.454. The molecule has 0 saturated carbocycles. The van der Waals surface area contributed by atoms with Crippen LogP contribution in [0.1, 0.15) is 39.2 Å². The lowest BCUT2D eigenvalue weighted by Gasteiger charge is -2.15. The number of pyridine rings is 1. The Hall–Kier alpha value is -3.28. The van der Waals surface area contributed by atoms with Gasteiger partial charge in [-0.25, -0.2) is 19.3 Å². The van der Waals surface area contributed by atoms with Gasteiger partial charge < -0.3 is 10.3 Å². The fourth-order valence-electron chi connectivity index (χ4n) is 2.85. The molecule has 0 aliphatic carbocycles. The maximum absolute atomic E-state index is 13.2. The Balaban J connectivity index is 0.00000109. The van der Waals surface area contributed by atoms with E-state index >= 15 is 0 Å². The Morgan fingerprint density at radius 3 is 2.46 bits per heavy atom. The summed E-state index contributed by atoms with van der Waals surface area (Å²) in [7, 11) is 0. The van der Waals surface area contributed by atoms with Gasteiger partial charge in [0.15, 0.2) is 5.82 Å². The third-order valence-electron chi connectivity index (χ3n) is 4.25. The van der Waals surface area contributed by atoms with Crippen LogP contribution >= 0.6 is 0 Å². The monoisotopic (exact) mass is 377 g/mol. The number of anilines is 2. The maximum atomic E-state index is 13.2. The van der Waals surface area contributed by atoms with Gasteiger partial charge in [0, 0.05) is 35.1 Å². The first kappa shape index (κ1) is 19.5. The molecule has 0 saturated heterocycles. The van der Waals surface area contributed by atoms with Crippen LogP contribution in [-0.4, -0.2) is 19.9 Å². The summed E-state index contributed by atoms with van der Waals surface area (Å²) < 4.78 is 13.2. The molecule has 0 bridgehead atoms. The molecule has 2 N–H and O–H groups in total. The third kappa shape index (κ3) is 4.01. The summed E-state index contributed by atoms with van der Waals surface area (Å²) in [5.41, 5.74) is 3.51. The highest BCUT2D eigenvalue weighted by Gasteiger charge is 2.13. The number of halogens is 1. The van der Waals surface area contributed by atoms with Crippen molar-refractivity contribution in [1.29, 1.82) is 0 Å². The summed E-state index contributed by atoms with van der Waals surface area (Å²) in [6, 6.07) is 10.1. The number of nitrogens with one attached hydrogen (secondary N) is 2. The Morgan fingerprint density at radius 2 is 1.75 bits per heavy atom. The van der Waals surface area contributed by atoms with Crippen LogP contribution in [0.25, 0.3) is 22.4 Å². The summed E-state index contributed by atoms with van der Waals surface area (Å²) in [6.07, 6.45) is 5.43. The zero-order chi connectivity index (χ0) is 20.1. The number of hydrogen-bond acceptors (Lipinski definition) is 4. The number of nitrogens with zero attached hydrogens (tertiary/aromatic N) is 3. The van der Waals surface area contributed by atoms with Crippen molar-refractivity contribution in [2.45, 2.75) is 33.6 Å². The molecule has 0 amide bonds. The van der Waals surface area contributed by atoms with Crippen LogP contribution in [0.5, 0.6) is 0 Å². The lowest BCUT2D eigenvalue weighted by molar-refractivity contribution is 0.628. The highest BCUT2D eigenvalue weighted by atomic mass is 19.1. The number of hydrogen-bond donors (Lipinski definition) is 2. The highest BCUT2D eigenvalue weighted by Crippen LogP contribution is 2.30. The van der Waals surface area contributed by atoms with Crippen LogP contribution < -0.4 is 5.32 Å². The van der Waals surface area contributed by atoms with Crippen LogP contribution in [0, 0.1) is 5.82 Å². The summed E-state index contributed by atoms with van der Waals surface area (Å²) in [4.78, 5) is 16.6. The minimum atomic E-state index is -0.280. The first-order chi connectivity index (χ1) is 13.6. The molecule has 0 aliphatic rings. The lowest BCUT2D eigenvalue weighted by Crippen LogP contribution is -2.04. The van der Waals surface area contributed by atoms with Gasteiger partial charge in [-0.2, -0.15) is 0 Å². The molecular weight excluding hydrogens is 353 g/mol. The molecule has 5 nitrogen and oxygen atoms in total. The standard InChI is InChI=1S/C20H18FN5.C2H6/c1-12(2)16-11-24-18(13-3-5-14(21)6-4-13)26-20(16)25-17-8-10-23-19-15(17)7-9-22-19;1-2/h3-12H,1-2H3,(H2,22,23,24,25,26);1-2H3. The molecule has 0 unspecified atom stereocenters. The van der Waals surface area contributed by atoms with E-state index in [2.05, 4.69) is 34.1 Å². The number of aromatic amines is 1. The van der Waals surface area contributed by atoms with Gasteiger partial charge >= 0.3 is 0 Å². The van der Waals surface area contributed by atoms with Crippen molar-refractivity contribution in [2.75, 3.05) is 5.32 Å². The number of rotatable bonds is 4.